The van der Waals surface area contributed by atoms with Crippen LogP contribution >= 0.6 is 28.3 Å². The molecule has 1 fully saturated rings. The molecule has 0 heterocycles. The van der Waals surface area contributed by atoms with Gasteiger partial charge in [0.2, 0.25) is 0 Å². The summed E-state index contributed by atoms with van der Waals surface area (Å²) < 4.78 is 0.619. The number of carboxylic acids is 1. The maximum absolute atomic E-state index is 10.9. The molecule has 1 aromatic rings. The molecule has 0 aromatic heterocycles. The van der Waals surface area contributed by atoms with Crippen LogP contribution < -0.4 is 5.73 Å². The number of carboxylic acid groups (broad SMARTS) is 1. The molecular formula is C11H13BrClNO3. The molecule has 1 aliphatic carbocycles. The average molecular weight is 323 g/mol. The van der Waals surface area contributed by atoms with Crippen LogP contribution in [-0.2, 0) is 0 Å². The zero-order valence-electron chi connectivity index (χ0n) is 8.89. The Morgan fingerprint density at radius 2 is 2.06 bits per heavy atom. The minimum Gasteiger partial charge on any atom is -0.507 e. The molecule has 0 spiro atoms. The summed E-state index contributed by atoms with van der Waals surface area (Å²) in [4.78, 5) is 10.9. The Morgan fingerprint density at radius 1 is 1.47 bits per heavy atom. The minimum atomic E-state index is -1.15. The van der Waals surface area contributed by atoms with Gasteiger partial charge in [-0.1, -0.05) is 15.9 Å². The van der Waals surface area contributed by atoms with Gasteiger partial charge in [-0.3, -0.25) is 0 Å². The van der Waals surface area contributed by atoms with Crippen LogP contribution in [-0.4, -0.2) is 16.2 Å². The van der Waals surface area contributed by atoms with Crippen LogP contribution in [0, 0.1) is 5.92 Å². The van der Waals surface area contributed by atoms with E-state index in [1.807, 2.05) is 0 Å². The summed E-state index contributed by atoms with van der Waals surface area (Å²) in [5, 5.41) is 18.8. The van der Waals surface area contributed by atoms with Gasteiger partial charge in [0.15, 0.2) is 0 Å². The van der Waals surface area contributed by atoms with E-state index in [4.69, 9.17) is 10.8 Å². The molecule has 1 aromatic carbocycles. The summed E-state index contributed by atoms with van der Waals surface area (Å²) in [6.07, 6.45) is 2.07. The van der Waals surface area contributed by atoms with Crippen LogP contribution in [0.1, 0.15) is 34.8 Å². The van der Waals surface area contributed by atoms with Crippen LogP contribution in [0.2, 0.25) is 0 Å². The maximum Gasteiger partial charge on any atom is 0.339 e. The van der Waals surface area contributed by atoms with Crippen molar-refractivity contribution >= 4 is 34.3 Å². The monoisotopic (exact) mass is 321 g/mol. The number of benzene rings is 1. The number of halogens is 2. The first kappa shape index (κ1) is 14.3. The Labute approximate surface area is 113 Å². The molecule has 0 aliphatic heterocycles. The van der Waals surface area contributed by atoms with E-state index in [2.05, 4.69) is 15.9 Å². The predicted molar refractivity (Wildman–Crippen MR) is 69.7 cm³/mol. The highest BCUT2D eigenvalue weighted by Crippen LogP contribution is 2.43. The van der Waals surface area contributed by atoms with Gasteiger partial charge in [0.05, 0.1) is 0 Å². The Bertz CT molecular complexity index is 449. The molecule has 17 heavy (non-hydrogen) atoms. The second-order valence-electron chi connectivity index (χ2n) is 4.06. The third kappa shape index (κ3) is 2.91. The van der Waals surface area contributed by atoms with E-state index in [-0.39, 0.29) is 29.8 Å². The zero-order chi connectivity index (χ0) is 11.9. The smallest absolute Gasteiger partial charge is 0.339 e. The van der Waals surface area contributed by atoms with E-state index in [0.717, 1.165) is 12.8 Å². The third-order valence-corrected chi connectivity index (χ3v) is 3.28. The number of hydrogen-bond donors (Lipinski definition) is 3. The summed E-state index contributed by atoms with van der Waals surface area (Å²) in [5.74, 6) is -1.00. The van der Waals surface area contributed by atoms with Gasteiger partial charge in [0.1, 0.15) is 11.3 Å². The van der Waals surface area contributed by atoms with Crippen molar-refractivity contribution in [3.8, 4) is 5.75 Å². The summed E-state index contributed by atoms with van der Waals surface area (Å²) in [6.45, 7) is 0. The molecule has 0 amide bonds. The second kappa shape index (κ2) is 5.25. The van der Waals surface area contributed by atoms with Crippen LogP contribution in [0.3, 0.4) is 0 Å². The van der Waals surface area contributed by atoms with Gasteiger partial charge in [-0.2, -0.15) is 0 Å². The number of hydrogen-bond acceptors (Lipinski definition) is 3. The zero-order valence-corrected chi connectivity index (χ0v) is 11.3. The molecule has 0 saturated heterocycles. The first-order valence-corrected chi connectivity index (χ1v) is 5.81. The maximum atomic E-state index is 10.9. The molecule has 6 heteroatoms. The van der Waals surface area contributed by atoms with Gasteiger partial charge >= 0.3 is 5.97 Å². The fourth-order valence-electron chi connectivity index (χ4n) is 1.75. The molecule has 1 aliphatic rings. The Hall–Kier alpha value is -0.780. The lowest BCUT2D eigenvalue weighted by Crippen LogP contribution is -2.14. The van der Waals surface area contributed by atoms with E-state index in [9.17, 15) is 9.90 Å². The van der Waals surface area contributed by atoms with E-state index in [1.54, 1.807) is 6.07 Å². The van der Waals surface area contributed by atoms with Crippen LogP contribution in [0.4, 0.5) is 0 Å². The molecule has 0 unspecified atom stereocenters. The molecule has 94 valence electrons. The highest BCUT2D eigenvalue weighted by molar-refractivity contribution is 9.10. The van der Waals surface area contributed by atoms with Crippen LogP contribution in [0.25, 0.3) is 0 Å². The molecule has 4 N–H and O–H groups in total. The van der Waals surface area contributed by atoms with E-state index >= 15 is 0 Å². The van der Waals surface area contributed by atoms with Crippen LogP contribution in [0.5, 0.6) is 5.75 Å². The molecule has 1 atom stereocenters. The summed E-state index contributed by atoms with van der Waals surface area (Å²) >= 11 is 3.22. The average Bonchev–Trinajstić information content (AvgIpc) is 3.03. The number of phenols is 1. The minimum absolute atomic E-state index is 0. The van der Waals surface area contributed by atoms with Gasteiger partial charge in [0, 0.05) is 16.1 Å². The lowest BCUT2D eigenvalue weighted by Gasteiger charge is -2.14. The Kier molecular flexibility index (Phi) is 4.41. The summed E-state index contributed by atoms with van der Waals surface area (Å²) in [6, 6.07) is 2.78. The molecular weight excluding hydrogens is 309 g/mol. The molecule has 2 rings (SSSR count). The molecule has 4 nitrogen and oxygen atoms in total. The number of nitrogens with two attached hydrogens (primary N) is 1. The number of aromatic carboxylic acids is 1. The van der Waals surface area contributed by atoms with E-state index < -0.39 is 5.97 Å². The van der Waals surface area contributed by atoms with Crippen molar-refractivity contribution in [1.82, 2.24) is 0 Å². The summed E-state index contributed by atoms with van der Waals surface area (Å²) in [5.41, 5.74) is 6.36. The van der Waals surface area contributed by atoms with Crippen molar-refractivity contribution in [2.45, 2.75) is 18.9 Å². The first-order chi connectivity index (χ1) is 7.50. The van der Waals surface area contributed by atoms with Crippen LogP contribution in [0.15, 0.2) is 16.6 Å². The summed E-state index contributed by atoms with van der Waals surface area (Å²) in [7, 11) is 0. The first-order valence-electron chi connectivity index (χ1n) is 5.02. The number of rotatable bonds is 3. The number of carbonyl (C=O) groups is 1. The fraction of sp³-hybridized carbons (Fsp3) is 0.364. The molecule has 1 saturated carbocycles. The van der Waals surface area contributed by atoms with Gasteiger partial charge in [-0.25, -0.2) is 4.79 Å². The van der Waals surface area contributed by atoms with Gasteiger partial charge in [-0.05, 0) is 30.9 Å². The van der Waals surface area contributed by atoms with Crippen molar-refractivity contribution in [2.24, 2.45) is 11.7 Å². The largest absolute Gasteiger partial charge is 0.507 e. The standard InChI is InChI=1S/C11H12BrNO3.ClH/c12-6-3-7(9(13)5-1-2-5)10(14)8(4-6)11(15)16;/h3-5,9,14H,1-2,13H2,(H,15,16);1H/t9-;/m0./s1. The van der Waals surface area contributed by atoms with E-state index in [0.29, 0.717) is 16.0 Å². The van der Waals surface area contributed by atoms with Crippen molar-refractivity contribution in [3.63, 3.8) is 0 Å². The molecule has 0 radical (unpaired) electrons. The quantitative estimate of drug-likeness (QED) is 0.799. The molecule has 0 bridgehead atoms. The Morgan fingerprint density at radius 3 is 2.53 bits per heavy atom. The van der Waals surface area contributed by atoms with Crippen molar-refractivity contribution < 1.29 is 15.0 Å². The highest BCUT2D eigenvalue weighted by Gasteiger charge is 2.32. The Balaban J connectivity index is 0.00000144. The lowest BCUT2D eigenvalue weighted by atomic mass is 9.99. The van der Waals surface area contributed by atoms with Crippen molar-refractivity contribution in [2.75, 3.05) is 0 Å². The lowest BCUT2D eigenvalue weighted by molar-refractivity contribution is 0.0693. The van der Waals surface area contributed by atoms with E-state index in [1.165, 1.54) is 6.07 Å². The second-order valence-corrected chi connectivity index (χ2v) is 4.98. The number of aromatic hydroxyl groups is 1. The fourth-order valence-corrected chi connectivity index (χ4v) is 2.22. The van der Waals surface area contributed by atoms with Gasteiger partial charge in [-0.15, -0.1) is 12.4 Å². The predicted octanol–water partition coefficient (Wildman–Crippen LogP) is 2.68. The van der Waals surface area contributed by atoms with Gasteiger partial charge < -0.3 is 15.9 Å². The third-order valence-electron chi connectivity index (χ3n) is 2.82. The van der Waals surface area contributed by atoms with Crippen molar-refractivity contribution in [3.05, 3.63) is 27.7 Å². The van der Waals surface area contributed by atoms with Crippen molar-refractivity contribution in [1.29, 1.82) is 0 Å². The SMILES string of the molecule is Cl.N[C@H](c1cc(Br)cc(C(=O)O)c1O)C1CC1. The van der Waals surface area contributed by atoms with Gasteiger partial charge in [0.25, 0.3) is 0 Å². The normalized spacial score (nSPS) is 16.1. The highest BCUT2D eigenvalue weighted by atomic mass is 79.9. The topological polar surface area (TPSA) is 83.6 Å².